The van der Waals surface area contributed by atoms with E-state index in [0.717, 1.165) is 29.0 Å². The average molecular weight is 329 g/mol. The van der Waals surface area contributed by atoms with Crippen molar-refractivity contribution in [1.29, 1.82) is 0 Å². The van der Waals surface area contributed by atoms with Gasteiger partial charge in [0.25, 0.3) is 0 Å². The predicted octanol–water partition coefficient (Wildman–Crippen LogP) is 5.10. The summed E-state index contributed by atoms with van der Waals surface area (Å²) < 4.78 is 5.58. The van der Waals surface area contributed by atoms with E-state index in [0.29, 0.717) is 5.56 Å². The number of benzene rings is 3. The molecule has 3 nitrogen and oxygen atoms in total. The second kappa shape index (κ2) is 6.44. The van der Waals surface area contributed by atoms with Crippen LogP contribution in [0.3, 0.4) is 0 Å². The number of rotatable bonds is 4. The fourth-order valence-corrected chi connectivity index (χ4v) is 3.34. The fourth-order valence-electron chi connectivity index (χ4n) is 3.34. The van der Waals surface area contributed by atoms with Gasteiger partial charge < -0.3 is 9.64 Å². The van der Waals surface area contributed by atoms with E-state index < -0.39 is 0 Å². The van der Waals surface area contributed by atoms with Crippen LogP contribution in [0.4, 0.5) is 11.4 Å². The molecule has 3 heteroatoms. The topological polar surface area (TPSA) is 29.5 Å². The molecule has 1 atom stereocenters. The van der Waals surface area contributed by atoms with E-state index in [2.05, 4.69) is 36.1 Å². The van der Waals surface area contributed by atoms with Crippen molar-refractivity contribution in [2.75, 3.05) is 11.4 Å². The smallest absolute Gasteiger partial charge is 0.339 e. The van der Waals surface area contributed by atoms with Gasteiger partial charge in [-0.3, -0.25) is 0 Å². The summed E-state index contributed by atoms with van der Waals surface area (Å²) in [5, 5.41) is 0. The minimum Gasteiger partial charge on any atom is -0.449 e. The number of carbonyl (C=O) groups excluding carboxylic acids is 1. The van der Waals surface area contributed by atoms with Gasteiger partial charge in [0, 0.05) is 23.5 Å². The second-order valence-corrected chi connectivity index (χ2v) is 6.04. The molecule has 0 saturated heterocycles. The van der Waals surface area contributed by atoms with Crippen molar-refractivity contribution >= 4 is 17.3 Å². The zero-order chi connectivity index (χ0) is 17.2. The van der Waals surface area contributed by atoms with Crippen LogP contribution in [0.15, 0.2) is 78.9 Å². The number of fused-ring (bicyclic) bond motifs is 1. The molecule has 0 spiro atoms. The number of carbonyl (C=O) groups is 1. The third kappa shape index (κ3) is 2.78. The third-order valence-electron chi connectivity index (χ3n) is 4.58. The van der Waals surface area contributed by atoms with Crippen molar-refractivity contribution in [2.45, 2.75) is 13.0 Å². The van der Waals surface area contributed by atoms with Gasteiger partial charge >= 0.3 is 5.97 Å². The van der Waals surface area contributed by atoms with Gasteiger partial charge in [0.05, 0.1) is 5.56 Å². The molecule has 0 N–H and O–H groups in total. The Kier molecular flexibility index (Phi) is 3.98. The highest BCUT2D eigenvalue weighted by Gasteiger charge is 2.31. The Morgan fingerprint density at radius 2 is 1.48 bits per heavy atom. The Morgan fingerprint density at radius 1 is 0.840 bits per heavy atom. The molecule has 1 unspecified atom stereocenters. The van der Waals surface area contributed by atoms with Gasteiger partial charge in [-0.15, -0.1) is 0 Å². The van der Waals surface area contributed by atoms with Gasteiger partial charge in [0.1, 0.15) is 0 Å². The van der Waals surface area contributed by atoms with E-state index >= 15 is 0 Å². The molecule has 1 heterocycles. The Morgan fingerprint density at radius 3 is 2.20 bits per heavy atom. The van der Waals surface area contributed by atoms with E-state index in [9.17, 15) is 4.79 Å². The lowest BCUT2D eigenvalue weighted by atomic mass is 9.99. The number of ether oxygens (including phenoxy) is 1. The lowest BCUT2D eigenvalue weighted by molar-refractivity contribution is 0.0456. The normalized spacial score (nSPS) is 15.6. The maximum atomic E-state index is 12.0. The summed E-state index contributed by atoms with van der Waals surface area (Å²) in [5.41, 5.74) is 4.88. The SMILES string of the molecule is CCN(c1ccccc1)c1ccc(C2OC(=O)c3ccccc32)cc1. The Labute approximate surface area is 147 Å². The zero-order valence-electron chi connectivity index (χ0n) is 14.1. The summed E-state index contributed by atoms with van der Waals surface area (Å²) in [6.45, 7) is 3.01. The van der Waals surface area contributed by atoms with Gasteiger partial charge in [0.2, 0.25) is 0 Å². The number of nitrogens with zero attached hydrogens (tertiary/aromatic N) is 1. The molecule has 25 heavy (non-hydrogen) atoms. The summed E-state index contributed by atoms with van der Waals surface area (Å²) in [5.74, 6) is -0.246. The molecule has 124 valence electrons. The van der Waals surface area contributed by atoms with Crippen molar-refractivity contribution in [2.24, 2.45) is 0 Å². The van der Waals surface area contributed by atoms with Crippen LogP contribution in [-0.2, 0) is 4.74 Å². The van der Waals surface area contributed by atoms with E-state index in [-0.39, 0.29) is 12.1 Å². The van der Waals surface area contributed by atoms with E-state index in [1.165, 1.54) is 0 Å². The molecular weight excluding hydrogens is 310 g/mol. The first-order chi connectivity index (χ1) is 12.3. The molecule has 1 aliphatic rings. The highest BCUT2D eigenvalue weighted by Crippen LogP contribution is 2.36. The first-order valence-corrected chi connectivity index (χ1v) is 8.50. The highest BCUT2D eigenvalue weighted by atomic mass is 16.5. The summed E-state index contributed by atoms with van der Waals surface area (Å²) in [6, 6.07) is 26.2. The Hall–Kier alpha value is -3.07. The molecule has 1 aliphatic heterocycles. The molecule has 0 aliphatic carbocycles. The lowest BCUT2D eigenvalue weighted by Crippen LogP contribution is -2.15. The number of esters is 1. The van der Waals surface area contributed by atoms with Gasteiger partial charge in [-0.1, -0.05) is 48.5 Å². The van der Waals surface area contributed by atoms with Crippen molar-refractivity contribution < 1.29 is 9.53 Å². The standard InChI is InChI=1S/C22H19NO2/c1-2-23(17-8-4-3-5-9-17)18-14-12-16(13-15-18)21-19-10-6-7-11-20(19)22(24)25-21/h3-15,21H,2H2,1H3. The highest BCUT2D eigenvalue weighted by molar-refractivity contribution is 5.94. The average Bonchev–Trinajstić information content (AvgIpc) is 3.01. The Balaban J connectivity index is 1.64. The number of para-hydroxylation sites is 1. The molecule has 0 saturated carbocycles. The van der Waals surface area contributed by atoms with Crippen LogP contribution in [0.1, 0.15) is 34.5 Å². The number of hydrogen-bond acceptors (Lipinski definition) is 3. The first kappa shape index (κ1) is 15.5. The van der Waals surface area contributed by atoms with Crippen LogP contribution < -0.4 is 4.90 Å². The third-order valence-corrected chi connectivity index (χ3v) is 4.58. The molecule has 0 amide bonds. The number of cyclic esters (lactones) is 1. The van der Waals surface area contributed by atoms with Crippen molar-refractivity contribution in [3.05, 3.63) is 95.6 Å². The monoisotopic (exact) mass is 329 g/mol. The first-order valence-electron chi connectivity index (χ1n) is 8.50. The van der Waals surface area contributed by atoms with Crippen LogP contribution in [0, 0.1) is 0 Å². The molecule has 0 fully saturated rings. The maximum Gasteiger partial charge on any atom is 0.339 e. The van der Waals surface area contributed by atoms with E-state index in [1.807, 2.05) is 54.6 Å². The predicted molar refractivity (Wildman–Crippen MR) is 99.3 cm³/mol. The zero-order valence-corrected chi connectivity index (χ0v) is 14.1. The van der Waals surface area contributed by atoms with Crippen LogP contribution in [-0.4, -0.2) is 12.5 Å². The van der Waals surface area contributed by atoms with Crippen molar-refractivity contribution in [3.8, 4) is 0 Å². The number of hydrogen-bond donors (Lipinski definition) is 0. The molecule has 4 rings (SSSR count). The summed E-state index contributed by atoms with van der Waals surface area (Å²) in [4.78, 5) is 14.3. The van der Waals surface area contributed by atoms with Crippen LogP contribution in [0.5, 0.6) is 0 Å². The maximum absolute atomic E-state index is 12.0. The fraction of sp³-hybridized carbons (Fsp3) is 0.136. The quantitative estimate of drug-likeness (QED) is 0.623. The van der Waals surface area contributed by atoms with Crippen LogP contribution >= 0.6 is 0 Å². The molecular formula is C22H19NO2. The molecule has 0 radical (unpaired) electrons. The summed E-state index contributed by atoms with van der Waals surface area (Å²) in [7, 11) is 0. The van der Waals surface area contributed by atoms with Gasteiger partial charge in [-0.2, -0.15) is 0 Å². The molecule has 3 aromatic rings. The second-order valence-electron chi connectivity index (χ2n) is 6.04. The van der Waals surface area contributed by atoms with Gasteiger partial charge in [-0.25, -0.2) is 4.79 Å². The summed E-state index contributed by atoms with van der Waals surface area (Å²) in [6.07, 6.45) is -0.315. The van der Waals surface area contributed by atoms with Gasteiger partial charge in [-0.05, 0) is 42.8 Å². The Bertz CT molecular complexity index is 887. The van der Waals surface area contributed by atoms with Gasteiger partial charge in [0.15, 0.2) is 6.10 Å². The molecule has 0 bridgehead atoms. The van der Waals surface area contributed by atoms with Crippen molar-refractivity contribution in [3.63, 3.8) is 0 Å². The molecule has 3 aromatic carbocycles. The largest absolute Gasteiger partial charge is 0.449 e. The minimum absolute atomic E-state index is 0.246. The van der Waals surface area contributed by atoms with E-state index in [4.69, 9.17) is 4.74 Å². The number of anilines is 2. The lowest BCUT2D eigenvalue weighted by Gasteiger charge is -2.24. The van der Waals surface area contributed by atoms with Crippen LogP contribution in [0.25, 0.3) is 0 Å². The van der Waals surface area contributed by atoms with Crippen LogP contribution in [0.2, 0.25) is 0 Å². The van der Waals surface area contributed by atoms with E-state index in [1.54, 1.807) is 0 Å². The summed E-state index contributed by atoms with van der Waals surface area (Å²) >= 11 is 0. The molecule has 0 aromatic heterocycles. The minimum atomic E-state index is -0.315. The van der Waals surface area contributed by atoms with Crippen molar-refractivity contribution in [1.82, 2.24) is 0 Å².